The van der Waals surface area contributed by atoms with Gasteiger partial charge in [0.15, 0.2) is 0 Å². The molecule has 0 bridgehead atoms. The van der Waals surface area contributed by atoms with Crippen molar-refractivity contribution in [2.24, 2.45) is 0 Å². The van der Waals surface area contributed by atoms with E-state index < -0.39 is 6.04 Å². The highest BCUT2D eigenvalue weighted by Crippen LogP contribution is 2.23. The average Bonchev–Trinajstić information content (AvgIpc) is 2.94. The molecule has 0 aliphatic carbocycles. The van der Waals surface area contributed by atoms with Crippen molar-refractivity contribution in [3.63, 3.8) is 0 Å². The number of benzene rings is 3. The summed E-state index contributed by atoms with van der Waals surface area (Å²) in [6.45, 7) is 9.61. The molecule has 0 saturated carbocycles. The zero-order chi connectivity index (χ0) is 28.3. The van der Waals surface area contributed by atoms with Gasteiger partial charge in [-0.15, -0.1) is 0 Å². The van der Waals surface area contributed by atoms with E-state index in [1.807, 2.05) is 54.6 Å². The molecular weight excluding hydrogens is 484 g/mol. The molecule has 39 heavy (non-hydrogen) atoms. The van der Waals surface area contributed by atoms with Crippen molar-refractivity contribution >= 4 is 11.8 Å². The van der Waals surface area contributed by atoms with E-state index >= 15 is 0 Å². The van der Waals surface area contributed by atoms with Gasteiger partial charge in [-0.2, -0.15) is 0 Å². The van der Waals surface area contributed by atoms with Crippen LogP contribution in [0.1, 0.15) is 69.2 Å². The molecule has 208 valence electrons. The van der Waals surface area contributed by atoms with Crippen molar-refractivity contribution in [3.05, 3.63) is 101 Å². The van der Waals surface area contributed by atoms with Crippen LogP contribution in [0.25, 0.3) is 0 Å². The van der Waals surface area contributed by atoms with Crippen LogP contribution in [-0.4, -0.2) is 36.4 Å². The molecule has 0 aromatic heterocycles. The predicted octanol–water partition coefficient (Wildman–Crippen LogP) is 6.48. The first-order valence-corrected chi connectivity index (χ1v) is 14.0. The molecule has 0 radical (unpaired) electrons. The third-order valence-corrected chi connectivity index (χ3v) is 7.04. The summed E-state index contributed by atoms with van der Waals surface area (Å²) >= 11 is 0. The lowest BCUT2D eigenvalue weighted by Crippen LogP contribution is -2.50. The summed E-state index contributed by atoms with van der Waals surface area (Å²) in [5.41, 5.74) is 4.41. The number of hydrogen-bond donors (Lipinski definition) is 1. The van der Waals surface area contributed by atoms with E-state index in [2.05, 4.69) is 57.3 Å². The van der Waals surface area contributed by atoms with Gasteiger partial charge in [-0.05, 0) is 52.6 Å². The predicted molar refractivity (Wildman–Crippen MR) is 159 cm³/mol. The van der Waals surface area contributed by atoms with Gasteiger partial charge in [-0.1, -0.05) is 101 Å². The first kappa shape index (κ1) is 29.9. The Kier molecular flexibility index (Phi) is 11.2. The second-order valence-electron chi connectivity index (χ2n) is 11.2. The molecule has 2 amide bonds. The Morgan fingerprint density at radius 1 is 0.897 bits per heavy atom. The summed E-state index contributed by atoms with van der Waals surface area (Å²) in [6, 6.07) is 25.5. The minimum absolute atomic E-state index is 0.0377. The Bertz CT molecular complexity index is 1180. The summed E-state index contributed by atoms with van der Waals surface area (Å²) < 4.78 is 5.42. The van der Waals surface area contributed by atoms with Gasteiger partial charge in [0.25, 0.3) is 0 Å². The Morgan fingerprint density at radius 3 is 2.23 bits per heavy atom. The maximum atomic E-state index is 13.9. The zero-order valence-corrected chi connectivity index (χ0v) is 24.2. The molecule has 0 spiro atoms. The lowest BCUT2D eigenvalue weighted by atomic mass is 9.86. The van der Waals surface area contributed by atoms with Crippen molar-refractivity contribution in [2.75, 3.05) is 13.7 Å². The number of amides is 2. The van der Waals surface area contributed by atoms with Crippen LogP contribution >= 0.6 is 0 Å². The number of carbonyl (C=O) groups is 2. The Morgan fingerprint density at radius 2 is 1.59 bits per heavy atom. The standard InChI is InChI=1S/C34H44N2O3/c1-6-7-22-35-33(38)31(24-27-12-9-8-10-13-27)36(25-28-14-11-15-30(23-28)39-5)32(37)21-18-26-16-19-29(20-17-26)34(2,3)4/h8-17,19-20,23,31H,6-7,18,21-22,24-25H2,1-5H3,(H,35,38)/t31-/m0/s1. The number of unbranched alkanes of at least 4 members (excludes halogenated alkanes) is 1. The first-order chi connectivity index (χ1) is 18.7. The summed E-state index contributed by atoms with van der Waals surface area (Å²) in [5, 5.41) is 3.08. The first-order valence-electron chi connectivity index (χ1n) is 14.0. The summed E-state index contributed by atoms with van der Waals surface area (Å²) in [7, 11) is 1.63. The molecule has 1 atom stereocenters. The summed E-state index contributed by atoms with van der Waals surface area (Å²) in [5.74, 6) is 0.577. The average molecular weight is 529 g/mol. The van der Waals surface area contributed by atoms with Crippen LogP contribution in [0, 0.1) is 0 Å². The smallest absolute Gasteiger partial charge is 0.243 e. The highest BCUT2D eigenvalue weighted by atomic mass is 16.5. The van der Waals surface area contributed by atoms with E-state index in [0.717, 1.165) is 35.3 Å². The van der Waals surface area contributed by atoms with Crippen molar-refractivity contribution in [2.45, 2.75) is 77.8 Å². The summed E-state index contributed by atoms with van der Waals surface area (Å²) in [6.07, 6.45) is 3.29. The third kappa shape index (κ3) is 9.27. The number of aryl methyl sites for hydroxylation is 1. The molecule has 0 fully saturated rings. The lowest BCUT2D eigenvalue weighted by molar-refractivity contribution is -0.141. The van der Waals surface area contributed by atoms with E-state index in [4.69, 9.17) is 4.74 Å². The molecular formula is C34H44N2O3. The normalized spacial score (nSPS) is 12.0. The van der Waals surface area contributed by atoms with Gasteiger partial charge in [0.2, 0.25) is 11.8 Å². The van der Waals surface area contributed by atoms with Gasteiger partial charge >= 0.3 is 0 Å². The molecule has 1 N–H and O–H groups in total. The highest BCUT2D eigenvalue weighted by molar-refractivity contribution is 5.88. The van der Waals surface area contributed by atoms with Crippen LogP contribution in [0.4, 0.5) is 0 Å². The molecule has 5 heteroatoms. The number of ether oxygens (including phenoxy) is 1. The van der Waals surface area contributed by atoms with Crippen LogP contribution in [0.2, 0.25) is 0 Å². The molecule has 5 nitrogen and oxygen atoms in total. The number of nitrogens with zero attached hydrogens (tertiary/aromatic N) is 1. The largest absolute Gasteiger partial charge is 0.497 e. The monoisotopic (exact) mass is 528 g/mol. The fourth-order valence-corrected chi connectivity index (χ4v) is 4.59. The lowest BCUT2D eigenvalue weighted by Gasteiger charge is -2.32. The topological polar surface area (TPSA) is 58.6 Å². The third-order valence-electron chi connectivity index (χ3n) is 7.04. The van der Waals surface area contributed by atoms with Crippen LogP contribution in [0.5, 0.6) is 5.75 Å². The zero-order valence-electron chi connectivity index (χ0n) is 24.2. The van der Waals surface area contributed by atoms with E-state index in [9.17, 15) is 9.59 Å². The van der Waals surface area contributed by atoms with Gasteiger partial charge in [0, 0.05) is 25.9 Å². The molecule has 0 heterocycles. The number of methoxy groups -OCH3 is 1. The van der Waals surface area contributed by atoms with Crippen LogP contribution in [0.3, 0.4) is 0 Å². The number of hydrogen-bond acceptors (Lipinski definition) is 3. The van der Waals surface area contributed by atoms with E-state index in [1.165, 1.54) is 5.56 Å². The van der Waals surface area contributed by atoms with Gasteiger partial charge in [-0.3, -0.25) is 9.59 Å². The van der Waals surface area contributed by atoms with Crippen molar-refractivity contribution in [1.82, 2.24) is 10.2 Å². The molecule has 3 rings (SSSR count). The van der Waals surface area contributed by atoms with Gasteiger partial charge in [-0.25, -0.2) is 0 Å². The van der Waals surface area contributed by atoms with Crippen LogP contribution in [-0.2, 0) is 34.4 Å². The SMILES string of the molecule is CCCCNC(=O)[C@H](Cc1ccccc1)N(Cc1cccc(OC)c1)C(=O)CCc1ccc(C(C)(C)C)cc1. The molecule has 0 unspecified atom stereocenters. The minimum atomic E-state index is -0.619. The van der Waals surface area contributed by atoms with Crippen molar-refractivity contribution in [1.29, 1.82) is 0 Å². The van der Waals surface area contributed by atoms with Gasteiger partial charge in [0.1, 0.15) is 11.8 Å². The maximum Gasteiger partial charge on any atom is 0.243 e. The minimum Gasteiger partial charge on any atom is -0.497 e. The number of rotatable bonds is 13. The highest BCUT2D eigenvalue weighted by Gasteiger charge is 2.30. The van der Waals surface area contributed by atoms with Gasteiger partial charge in [0.05, 0.1) is 7.11 Å². The fraction of sp³-hybridized carbons (Fsp3) is 0.412. The van der Waals surface area contributed by atoms with Crippen LogP contribution < -0.4 is 10.1 Å². The molecule has 0 aliphatic heterocycles. The fourth-order valence-electron chi connectivity index (χ4n) is 4.59. The second kappa shape index (κ2) is 14.5. The molecule has 0 aliphatic rings. The number of nitrogens with one attached hydrogen (secondary N) is 1. The maximum absolute atomic E-state index is 13.9. The second-order valence-corrected chi connectivity index (χ2v) is 11.2. The van der Waals surface area contributed by atoms with E-state index in [-0.39, 0.29) is 17.2 Å². The molecule has 0 saturated heterocycles. The quantitative estimate of drug-likeness (QED) is 0.258. The number of carbonyl (C=O) groups excluding carboxylic acids is 2. The van der Waals surface area contributed by atoms with E-state index in [1.54, 1.807) is 12.0 Å². The Labute approximate surface area is 234 Å². The Balaban J connectivity index is 1.88. The Hall–Kier alpha value is -3.60. The molecule has 3 aromatic carbocycles. The van der Waals surface area contributed by atoms with Crippen molar-refractivity contribution < 1.29 is 14.3 Å². The van der Waals surface area contributed by atoms with Crippen LogP contribution in [0.15, 0.2) is 78.9 Å². The summed E-state index contributed by atoms with van der Waals surface area (Å²) in [4.78, 5) is 29.2. The van der Waals surface area contributed by atoms with E-state index in [0.29, 0.717) is 32.4 Å². The molecule has 3 aromatic rings. The van der Waals surface area contributed by atoms with Crippen molar-refractivity contribution in [3.8, 4) is 5.75 Å². The van der Waals surface area contributed by atoms with Gasteiger partial charge < -0.3 is 15.0 Å².